The van der Waals surface area contributed by atoms with E-state index in [9.17, 15) is 5.11 Å². The molecule has 0 aliphatic heterocycles. The topological polar surface area (TPSA) is 38.7 Å². The van der Waals surface area contributed by atoms with Crippen molar-refractivity contribution in [2.75, 3.05) is 20.3 Å². The van der Waals surface area contributed by atoms with E-state index in [1.807, 2.05) is 24.3 Å². The highest BCUT2D eigenvalue weighted by molar-refractivity contribution is 5.28. The van der Waals surface area contributed by atoms with Crippen molar-refractivity contribution in [3.05, 3.63) is 29.8 Å². The summed E-state index contributed by atoms with van der Waals surface area (Å²) >= 11 is 0. The van der Waals surface area contributed by atoms with E-state index in [0.29, 0.717) is 6.61 Å². The zero-order valence-electron chi connectivity index (χ0n) is 11.4. The SMILES string of the molecule is CCCCCCOCC(O)c1ccc(OC)cc1. The van der Waals surface area contributed by atoms with Crippen molar-refractivity contribution in [1.82, 2.24) is 0 Å². The zero-order valence-corrected chi connectivity index (χ0v) is 11.4. The molecule has 102 valence electrons. The minimum Gasteiger partial charge on any atom is -0.497 e. The van der Waals surface area contributed by atoms with Gasteiger partial charge < -0.3 is 14.6 Å². The number of hydrogen-bond acceptors (Lipinski definition) is 3. The molecule has 1 atom stereocenters. The molecule has 18 heavy (non-hydrogen) atoms. The van der Waals surface area contributed by atoms with E-state index in [1.165, 1.54) is 19.3 Å². The highest BCUT2D eigenvalue weighted by Crippen LogP contribution is 2.17. The second kappa shape index (κ2) is 8.95. The number of rotatable bonds is 9. The first-order valence-corrected chi connectivity index (χ1v) is 6.67. The van der Waals surface area contributed by atoms with Gasteiger partial charge in [-0.3, -0.25) is 0 Å². The van der Waals surface area contributed by atoms with Gasteiger partial charge in [0.15, 0.2) is 0 Å². The van der Waals surface area contributed by atoms with Crippen LogP contribution in [0.2, 0.25) is 0 Å². The Hall–Kier alpha value is -1.06. The molecule has 1 N–H and O–H groups in total. The summed E-state index contributed by atoms with van der Waals surface area (Å²) in [5, 5.41) is 9.92. The molecule has 0 amide bonds. The lowest BCUT2D eigenvalue weighted by Gasteiger charge is -2.12. The van der Waals surface area contributed by atoms with Crippen LogP contribution in [0.25, 0.3) is 0 Å². The van der Waals surface area contributed by atoms with Gasteiger partial charge in [-0.05, 0) is 24.1 Å². The van der Waals surface area contributed by atoms with Crippen molar-refractivity contribution in [1.29, 1.82) is 0 Å². The standard InChI is InChI=1S/C15H24O3/c1-3-4-5-6-11-18-12-15(16)13-7-9-14(17-2)10-8-13/h7-10,15-16H,3-6,11-12H2,1-2H3. The van der Waals surface area contributed by atoms with Gasteiger partial charge in [0.1, 0.15) is 11.9 Å². The fourth-order valence-electron chi connectivity index (χ4n) is 1.75. The molecular weight excluding hydrogens is 228 g/mol. The summed E-state index contributed by atoms with van der Waals surface area (Å²) in [7, 11) is 1.63. The third kappa shape index (κ3) is 5.52. The van der Waals surface area contributed by atoms with Gasteiger partial charge in [0.25, 0.3) is 0 Å². The van der Waals surface area contributed by atoms with Gasteiger partial charge in [0.05, 0.1) is 13.7 Å². The molecule has 3 nitrogen and oxygen atoms in total. The van der Waals surface area contributed by atoms with Crippen molar-refractivity contribution in [2.45, 2.75) is 38.7 Å². The zero-order chi connectivity index (χ0) is 13.2. The van der Waals surface area contributed by atoms with Gasteiger partial charge in [-0.25, -0.2) is 0 Å². The van der Waals surface area contributed by atoms with E-state index < -0.39 is 6.10 Å². The monoisotopic (exact) mass is 252 g/mol. The summed E-state index contributed by atoms with van der Waals surface area (Å²) in [5.74, 6) is 0.798. The molecule has 0 saturated heterocycles. The van der Waals surface area contributed by atoms with E-state index in [0.717, 1.165) is 24.3 Å². The summed E-state index contributed by atoms with van der Waals surface area (Å²) in [5.41, 5.74) is 0.865. The first-order valence-electron chi connectivity index (χ1n) is 6.67. The van der Waals surface area contributed by atoms with Gasteiger partial charge >= 0.3 is 0 Å². The molecular formula is C15H24O3. The Kier molecular flexibility index (Phi) is 7.46. The number of aliphatic hydroxyl groups excluding tert-OH is 1. The summed E-state index contributed by atoms with van der Waals surface area (Å²) in [6, 6.07) is 7.42. The van der Waals surface area contributed by atoms with Crippen LogP contribution in [0, 0.1) is 0 Å². The number of aliphatic hydroxyl groups is 1. The predicted molar refractivity (Wildman–Crippen MR) is 72.9 cm³/mol. The normalized spacial score (nSPS) is 12.4. The highest BCUT2D eigenvalue weighted by atomic mass is 16.5. The average Bonchev–Trinajstić information content (AvgIpc) is 2.42. The fraction of sp³-hybridized carbons (Fsp3) is 0.600. The molecule has 1 rings (SSSR count). The largest absolute Gasteiger partial charge is 0.497 e. The second-order valence-electron chi connectivity index (χ2n) is 4.42. The van der Waals surface area contributed by atoms with Gasteiger partial charge in [-0.15, -0.1) is 0 Å². The van der Waals surface area contributed by atoms with Gasteiger partial charge in [0.2, 0.25) is 0 Å². The van der Waals surface area contributed by atoms with Gasteiger partial charge in [0, 0.05) is 6.61 Å². The Morgan fingerprint density at radius 2 is 1.83 bits per heavy atom. The lowest BCUT2D eigenvalue weighted by Crippen LogP contribution is -2.08. The smallest absolute Gasteiger partial charge is 0.118 e. The van der Waals surface area contributed by atoms with Crippen molar-refractivity contribution < 1.29 is 14.6 Å². The molecule has 1 unspecified atom stereocenters. The van der Waals surface area contributed by atoms with Crippen molar-refractivity contribution in [2.24, 2.45) is 0 Å². The molecule has 0 aromatic heterocycles. The Bertz CT molecular complexity index is 308. The molecule has 1 aromatic carbocycles. The first kappa shape index (κ1) is 15.0. The lowest BCUT2D eigenvalue weighted by molar-refractivity contribution is 0.0344. The van der Waals surface area contributed by atoms with Crippen LogP contribution >= 0.6 is 0 Å². The minimum atomic E-state index is -0.554. The lowest BCUT2D eigenvalue weighted by atomic mass is 10.1. The summed E-state index contributed by atoms with van der Waals surface area (Å²) in [6.07, 6.45) is 4.21. The van der Waals surface area contributed by atoms with E-state index in [4.69, 9.17) is 9.47 Å². The predicted octanol–water partition coefficient (Wildman–Crippen LogP) is 3.33. The maximum absolute atomic E-state index is 9.92. The molecule has 0 heterocycles. The molecule has 0 spiro atoms. The van der Waals surface area contributed by atoms with Crippen LogP contribution in [0.3, 0.4) is 0 Å². The Balaban J connectivity index is 2.21. The van der Waals surface area contributed by atoms with Crippen LogP contribution in [0.5, 0.6) is 5.75 Å². The minimum absolute atomic E-state index is 0.360. The van der Waals surface area contributed by atoms with Crippen molar-refractivity contribution in [3.8, 4) is 5.75 Å². The van der Waals surface area contributed by atoms with Crippen LogP contribution in [0.4, 0.5) is 0 Å². The van der Waals surface area contributed by atoms with Crippen LogP contribution in [-0.2, 0) is 4.74 Å². The number of ether oxygens (including phenoxy) is 2. The van der Waals surface area contributed by atoms with Gasteiger partial charge in [-0.2, -0.15) is 0 Å². The fourth-order valence-corrected chi connectivity index (χ4v) is 1.75. The number of benzene rings is 1. The molecule has 1 aromatic rings. The highest BCUT2D eigenvalue weighted by Gasteiger charge is 2.07. The Labute approximate surface area is 110 Å². The Morgan fingerprint density at radius 1 is 1.11 bits per heavy atom. The third-order valence-electron chi connectivity index (χ3n) is 2.92. The molecule has 3 heteroatoms. The number of methoxy groups -OCH3 is 1. The third-order valence-corrected chi connectivity index (χ3v) is 2.92. The molecule has 0 bridgehead atoms. The second-order valence-corrected chi connectivity index (χ2v) is 4.42. The molecule has 0 aliphatic rings. The average molecular weight is 252 g/mol. The van der Waals surface area contributed by atoms with Crippen molar-refractivity contribution in [3.63, 3.8) is 0 Å². The van der Waals surface area contributed by atoms with Crippen LogP contribution < -0.4 is 4.74 Å². The van der Waals surface area contributed by atoms with Crippen LogP contribution in [-0.4, -0.2) is 25.4 Å². The van der Waals surface area contributed by atoms with E-state index in [-0.39, 0.29) is 0 Å². The van der Waals surface area contributed by atoms with E-state index >= 15 is 0 Å². The molecule has 0 radical (unpaired) electrons. The van der Waals surface area contributed by atoms with Crippen molar-refractivity contribution >= 4 is 0 Å². The summed E-state index contributed by atoms with van der Waals surface area (Å²) in [6.45, 7) is 3.28. The maximum Gasteiger partial charge on any atom is 0.118 e. The molecule has 0 aliphatic carbocycles. The number of hydrogen-bond donors (Lipinski definition) is 1. The van der Waals surface area contributed by atoms with Gasteiger partial charge in [-0.1, -0.05) is 38.3 Å². The molecule has 0 saturated carbocycles. The van der Waals surface area contributed by atoms with Crippen LogP contribution in [0.15, 0.2) is 24.3 Å². The summed E-state index contributed by atoms with van der Waals surface area (Å²) < 4.78 is 10.5. The first-order chi connectivity index (χ1) is 8.77. The summed E-state index contributed by atoms with van der Waals surface area (Å²) in [4.78, 5) is 0. The maximum atomic E-state index is 9.92. The number of unbranched alkanes of at least 4 members (excludes halogenated alkanes) is 3. The molecule has 0 fully saturated rings. The quantitative estimate of drug-likeness (QED) is 0.685. The Morgan fingerprint density at radius 3 is 2.44 bits per heavy atom. The van der Waals surface area contributed by atoms with E-state index in [1.54, 1.807) is 7.11 Å². The van der Waals surface area contributed by atoms with E-state index in [2.05, 4.69) is 6.92 Å². The van der Waals surface area contributed by atoms with Crippen LogP contribution in [0.1, 0.15) is 44.3 Å².